The minimum absolute atomic E-state index is 0.107. The normalized spacial score (nSPS) is 17.4. The molecule has 1 radical (unpaired) electrons. The van der Waals surface area contributed by atoms with Gasteiger partial charge in [0.2, 0.25) is 0 Å². The zero-order valence-electron chi connectivity index (χ0n) is 10.3. The van der Waals surface area contributed by atoms with Gasteiger partial charge in [-0.05, 0) is 0 Å². The third-order valence-electron chi connectivity index (χ3n) is 3.13. The first-order valence-electron chi connectivity index (χ1n) is 6.37. The van der Waals surface area contributed by atoms with Gasteiger partial charge in [0.25, 0.3) is 0 Å². The van der Waals surface area contributed by atoms with Gasteiger partial charge < -0.3 is 0 Å². The van der Waals surface area contributed by atoms with E-state index in [1.165, 1.54) is 19.3 Å². The van der Waals surface area contributed by atoms with E-state index in [4.69, 9.17) is 0 Å². The van der Waals surface area contributed by atoms with Crippen LogP contribution in [-0.4, -0.2) is 32.7 Å². The average Bonchev–Trinajstić information content (AvgIpc) is 2.40. The van der Waals surface area contributed by atoms with Crippen LogP contribution in [-0.2, 0) is 0 Å². The van der Waals surface area contributed by atoms with Gasteiger partial charge in [-0.25, -0.2) is 0 Å². The fourth-order valence-corrected chi connectivity index (χ4v) is 2.67. The molecule has 0 bridgehead atoms. The number of carbonyl (C=O) groups is 1. The number of aliphatic imine (C=N–C) groups is 1. The molecule has 18 heavy (non-hydrogen) atoms. The van der Waals surface area contributed by atoms with E-state index in [9.17, 15) is 4.79 Å². The van der Waals surface area contributed by atoms with Crippen LogP contribution in [0.4, 0.5) is 0 Å². The third-order valence-corrected chi connectivity index (χ3v) is 3.57. The molecule has 4 heteroatoms. The molecular formula is C14H17N2OSe. The van der Waals surface area contributed by atoms with E-state index >= 15 is 0 Å². The SMILES string of the molecule is O=C(NC([Se])=NC1CCCCC1)c1ccccc1. The molecule has 95 valence electrons. The maximum absolute atomic E-state index is 11.9. The van der Waals surface area contributed by atoms with E-state index < -0.39 is 0 Å². The summed E-state index contributed by atoms with van der Waals surface area (Å²) in [4.78, 5) is 16.4. The molecule has 1 fully saturated rings. The molecule has 1 aromatic rings. The van der Waals surface area contributed by atoms with Crippen LogP contribution in [0.5, 0.6) is 0 Å². The molecule has 2 rings (SSSR count). The molecule has 3 nitrogen and oxygen atoms in total. The van der Waals surface area contributed by atoms with Gasteiger partial charge in [0.15, 0.2) is 0 Å². The molecule has 0 spiro atoms. The van der Waals surface area contributed by atoms with Crippen molar-refractivity contribution in [1.82, 2.24) is 5.32 Å². The number of hydrogen-bond donors (Lipinski definition) is 1. The Kier molecular flexibility index (Phi) is 4.97. The van der Waals surface area contributed by atoms with Crippen molar-refractivity contribution in [3.05, 3.63) is 35.9 Å². The maximum atomic E-state index is 11.9. The Balaban J connectivity index is 1.92. The molecule has 1 aliphatic rings. The molecule has 0 heterocycles. The van der Waals surface area contributed by atoms with Gasteiger partial charge in [0.1, 0.15) is 0 Å². The third kappa shape index (κ3) is 3.97. The number of benzene rings is 1. The van der Waals surface area contributed by atoms with Crippen molar-refractivity contribution in [2.24, 2.45) is 4.99 Å². The van der Waals surface area contributed by atoms with Crippen molar-refractivity contribution in [2.45, 2.75) is 38.1 Å². The average molecular weight is 308 g/mol. The van der Waals surface area contributed by atoms with Gasteiger partial charge >= 0.3 is 116 Å². The summed E-state index contributed by atoms with van der Waals surface area (Å²) < 4.78 is 0.607. The summed E-state index contributed by atoms with van der Waals surface area (Å²) in [5, 5.41) is 2.80. The minimum atomic E-state index is -0.107. The van der Waals surface area contributed by atoms with Gasteiger partial charge in [-0.15, -0.1) is 0 Å². The molecule has 0 aromatic heterocycles. The number of carbonyl (C=O) groups excluding carboxylic acids is 1. The first kappa shape index (κ1) is 13.3. The Morgan fingerprint density at radius 2 is 1.83 bits per heavy atom. The van der Waals surface area contributed by atoms with Crippen LogP contribution in [0.25, 0.3) is 0 Å². The number of hydrogen-bond acceptors (Lipinski definition) is 2. The van der Waals surface area contributed by atoms with Crippen LogP contribution < -0.4 is 5.32 Å². The Morgan fingerprint density at radius 1 is 1.17 bits per heavy atom. The quantitative estimate of drug-likeness (QED) is 0.508. The molecule has 1 aromatic carbocycles. The fraction of sp³-hybridized carbons (Fsp3) is 0.429. The van der Waals surface area contributed by atoms with E-state index in [0.717, 1.165) is 12.8 Å². The fourth-order valence-electron chi connectivity index (χ4n) is 2.17. The van der Waals surface area contributed by atoms with Gasteiger partial charge in [-0.3, -0.25) is 0 Å². The Morgan fingerprint density at radius 3 is 2.50 bits per heavy atom. The van der Waals surface area contributed by atoms with Crippen molar-refractivity contribution >= 4 is 26.7 Å². The summed E-state index contributed by atoms with van der Waals surface area (Å²) in [6.07, 6.45) is 6.06. The number of amides is 1. The second-order valence-corrected chi connectivity index (χ2v) is 5.36. The van der Waals surface area contributed by atoms with E-state index in [0.29, 0.717) is 16.3 Å². The predicted molar refractivity (Wildman–Crippen MR) is 74.0 cm³/mol. The zero-order chi connectivity index (χ0) is 12.8. The second kappa shape index (κ2) is 6.72. The molecular weight excluding hydrogens is 291 g/mol. The molecule has 0 atom stereocenters. The van der Waals surface area contributed by atoms with Gasteiger partial charge in [0.05, 0.1) is 0 Å². The Bertz CT molecular complexity index is 425. The van der Waals surface area contributed by atoms with Crippen molar-refractivity contribution in [3.63, 3.8) is 0 Å². The zero-order valence-corrected chi connectivity index (χ0v) is 12.0. The van der Waals surface area contributed by atoms with Crippen molar-refractivity contribution in [3.8, 4) is 0 Å². The summed E-state index contributed by atoms with van der Waals surface area (Å²) >= 11 is 2.84. The van der Waals surface area contributed by atoms with E-state index in [1.807, 2.05) is 18.2 Å². The number of rotatable bonds is 2. The van der Waals surface area contributed by atoms with Crippen LogP contribution >= 0.6 is 0 Å². The molecule has 0 unspecified atom stereocenters. The molecule has 0 aliphatic heterocycles. The van der Waals surface area contributed by atoms with E-state index in [2.05, 4.69) is 26.3 Å². The summed E-state index contributed by atoms with van der Waals surface area (Å²) in [6, 6.07) is 9.56. The van der Waals surface area contributed by atoms with Crippen LogP contribution in [0.1, 0.15) is 42.5 Å². The monoisotopic (exact) mass is 309 g/mol. The van der Waals surface area contributed by atoms with Gasteiger partial charge in [-0.1, -0.05) is 0 Å². The molecule has 0 saturated heterocycles. The number of amidine groups is 1. The Labute approximate surface area is 116 Å². The van der Waals surface area contributed by atoms with Crippen LogP contribution in [0.15, 0.2) is 35.3 Å². The molecule has 1 aliphatic carbocycles. The van der Waals surface area contributed by atoms with Crippen molar-refractivity contribution in [1.29, 1.82) is 0 Å². The van der Waals surface area contributed by atoms with E-state index in [1.54, 1.807) is 12.1 Å². The summed E-state index contributed by atoms with van der Waals surface area (Å²) in [6.45, 7) is 0. The summed E-state index contributed by atoms with van der Waals surface area (Å²) in [7, 11) is 0. The first-order valence-corrected chi connectivity index (χ1v) is 7.22. The van der Waals surface area contributed by atoms with Gasteiger partial charge in [-0.2, -0.15) is 0 Å². The van der Waals surface area contributed by atoms with Crippen molar-refractivity contribution in [2.75, 3.05) is 0 Å². The summed E-state index contributed by atoms with van der Waals surface area (Å²) in [5.74, 6) is -0.107. The predicted octanol–water partition coefficient (Wildman–Crippen LogP) is 2.27. The van der Waals surface area contributed by atoms with Gasteiger partial charge in [0, 0.05) is 0 Å². The second-order valence-electron chi connectivity index (χ2n) is 4.55. The number of nitrogens with one attached hydrogen (secondary N) is 1. The van der Waals surface area contributed by atoms with Crippen LogP contribution in [0.2, 0.25) is 0 Å². The molecule has 1 saturated carbocycles. The Hall–Kier alpha value is -1.12. The summed E-state index contributed by atoms with van der Waals surface area (Å²) in [5.41, 5.74) is 0.657. The topological polar surface area (TPSA) is 41.5 Å². The van der Waals surface area contributed by atoms with E-state index in [-0.39, 0.29) is 5.91 Å². The van der Waals surface area contributed by atoms with Crippen LogP contribution in [0.3, 0.4) is 0 Å². The standard InChI is InChI=1S/C14H17N2OSe/c17-13(11-7-3-1-4-8-11)16-14(18)15-12-9-5-2-6-10-12/h1,3-4,7-8,12H,2,5-6,9-10H2,(H,15,16,17). The molecule has 1 amide bonds. The number of nitrogens with zero attached hydrogens (tertiary/aromatic N) is 1. The molecule has 1 N–H and O–H groups in total. The van der Waals surface area contributed by atoms with Crippen LogP contribution in [0, 0.1) is 0 Å². The van der Waals surface area contributed by atoms with Crippen molar-refractivity contribution < 1.29 is 4.79 Å². The first-order chi connectivity index (χ1) is 8.75.